The van der Waals surface area contributed by atoms with Crippen molar-refractivity contribution in [3.63, 3.8) is 0 Å². The van der Waals surface area contributed by atoms with E-state index in [2.05, 4.69) is 49.9 Å². The van der Waals surface area contributed by atoms with Gasteiger partial charge >= 0.3 is 5.97 Å². The zero-order valence-electron chi connectivity index (χ0n) is 30.0. The molecule has 0 radical (unpaired) electrons. The van der Waals surface area contributed by atoms with Crippen molar-refractivity contribution in [3.8, 4) is 11.5 Å². The summed E-state index contributed by atoms with van der Waals surface area (Å²) < 4.78 is 12.9. The molecule has 0 saturated heterocycles. The number of ether oxygens (including phenoxy) is 2. The van der Waals surface area contributed by atoms with Crippen LogP contribution >= 0.6 is 0 Å². The van der Waals surface area contributed by atoms with Crippen LogP contribution in [-0.4, -0.2) is 40.0 Å². The van der Waals surface area contributed by atoms with Gasteiger partial charge in [0, 0.05) is 36.8 Å². The molecule has 1 amide bonds. The fraction of sp³-hybridized carbons (Fsp3) is 0.711. The molecule has 4 atom stereocenters. The molecule has 0 unspecified atom stereocenters. The van der Waals surface area contributed by atoms with E-state index < -0.39 is 12.0 Å². The van der Waals surface area contributed by atoms with Crippen LogP contribution in [0, 0.1) is 38.5 Å². The van der Waals surface area contributed by atoms with Crippen molar-refractivity contribution < 1.29 is 19.1 Å². The minimum atomic E-state index is -0.866. The molecule has 0 bridgehead atoms. The van der Waals surface area contributed by atoms with Crippen molar-refractivity contribution in [1.29, 1.82) is 0 Å². The van der Waals surface area contributed by atoms with Crippen molar-refractivity contribution in [3.05, 3.63) is 40.5 Å². The van der Waals surface area contributed by atoms with Crippen molar-refractivity contribution in [2.24, 2.45) is 23.5 Å². The average molecular weight is 639 g/mol. The van der Waals surface area contributed by atoms with E-state index in [-0.39, 0.29) is 30.9 Å². The largest absolute Gasteiger partial charge is 0.487 e. The third-order valence-electron chi connectivity index (χ3n) is 10.0. The number of esters is 1. The second-order valence-corrected chi connectivity index (χ2v) is 14.8. The number of carbonyl (C=O) groups is 2. The van der Waals surface area contributed by atoms with Gasteiger partial charge in [-0.3, -0.25) is 4.79 Å². The first-order chi connectivity index (χ1) is 21.8. The van der Waals surface area contributed by atoms with E-state index in [1.165, 1.54) is 44.9 Å². The van der Waals surface area contributed by atoms with Gasteiger partial charge in [0.15, 0.2) is 0 Å². The summed E-state index contributed by atoms with van der Waals surface area (Å²) in [5, 5.41) is 2.79. The lowest BCUT2D eigenvalue weighted by atomic mass is 9.83. The van der Waals surface area contributed by atoms with Crippen molar-refractivity contribution in [2.75, 3.05) is 6.54 Å². The Hall–Kier alpha value is -2.87. The lowest BCUT2D eigenvalue weighted by Crippen LogP contribution is -2.45. The summed E-state index contributed by atoms with van der Waals surface area (Å²) in [6.07, 6.45) is 16.9. The number of nitrogens with one attached hydrogen (secondary N) is 2. The number of hydrogen-bond acceptors (Lipinski definition) is 6. The number of benzene rings is 1. The SMILES string of the molecule is Cc1c(C)c2c(c(C)c1OC(=O)[C@H](Cc1cnc[nH]1)NC(=O)CCN)CC[C@@](C)(CCC[C@H](C)CCC[C@H](C)CCCC(C)C)O2. The lowest BCUT2D eigenvalue weighted by molar-refractivity contribution is -0.139. The summed E-state index contributed by atoms with van der Waals surface area (Å²) in [7, 11) is 0. The Balaban J connectivity index is 1.58. The van der Waals surface area contributed by atoms with Gasteiger partial charge in [0.2, 0.25) is 5.91 Å². The average Bonchev–Trinajstić information content (AvgIpc) is 3.51. The normalized spacial score (nSPS) is 18.0. The van der Waals surface area contributed by atoms with E-state index in [1.807, 2.05) is 20.8 Å². The standard InChI is InChI=1S/C38H62N4O4/c1-25(2)12-9-13-26(3)14-10-15-27(4)16-11-19-38(8)20-17-32-30(7)35(28(5)29(6)36(32)46-38)45-37(44)33(42-34(43)18-21-39)22-31-23-40-24-41-31/h23-27,33H,9-22,39H2,1-8H3,(H,40,41)(H,42,43)/t26-,27-,33+,38-/m1/s1. The van der Waals surface area contributed by atoms with Crippen molar-refractivity contribution in [2.45, 2.75) is 151 Å². The quantitative estimate of drug-likeness (QED) is 0.107. The summed E-state index contributed by atoms with van der Waals surface area (Å²) >= 11 is 0. The maximum atomic E-state index is 13.5. The monoisotopic (exact) mass is 638 g/mol. The number of aromatic nitrogens is 2. The Kier molecular flexibility index (Phi) is 14.6. The highest BCUT2D eigenvalue weighted by Crippen LogP contribution is 2.45. The van der Waals surface area contributed by atoms with Crippen LogP contribution in [0.3, 0.4) is 0 Å². The Morgan fingerprint density at radius 3 is 2.26 bits per heavy atom. The van der Waals surface area contributed by atoms with Gasteiger partial charge in [-0.2, -0.15) is 0 Å². The molecule has 2 heterocycles. The van der Waals surface area contributed by atoms with E-state index in [4.69, 9.17) is 15.2 Å². The second-order valence-electron chi connectivity index (χ2n) is 14.8. The van der Waals surface area contributed by atoms with Crippen LogP contribution in [0.15, 0.2) is 12.5 Å². The third-order valence-corrected chi connectivity index (χ3v) is 10.0. The summed E-state index contributed by atoms with van der Waals surface area (Å²) in [6, 6.07) is -0.866. The highest BCUT2D eigenvalue weighted by atomic mass is 16.5. The summed E-state index contributed by atoms with van der Waals surface area (Å²) in [4.78, 5) is 32.9. The Bertz CT molecular complexity index is 1260. The molecule has 2 aromatic rings. The maximum Gasteiger partial charge on any atom is 0.334 e. The third kappa shape index (κ3) is 11.1. The van der Waals surface area contributed by atoms with Gasteiger partial charge in [-0.15, -0.1) is 0 Å². The van der Waals surface area contributed by atoms with Crippen LogP contribution < -0.4 is 20.5 Å². The Morgan fingerprint density at radius 2 is 1.65 bits per heavy atom. The van der Waals surface area contributed by atoms with Crippen LogP contribution in [0.4, 0.5) is 0 Å². The topological polar surface area (TPSA) is 119 Å². The molecule has 8 heteroatoms. The number of amides is 1. The number of hydrogen-bond donors (Lipinski definition) is 3. The predicted molar refractivity (Wildman–Crippen MR) is 186 cm³/mol. The molecule has 4 N–H and O–H groups in total. The van der Waals surface area contributed by atoms with Crippen LogP contribution in [0.2, 0.25) is 0 Å². The number of rotatable bonds is 19. The number of imidazole rings is 1. The summed E-state index contributed by atoms with van der Waals surface area (Å²) in [5.74, 6) is 3.08. The minimum absolute atomic E-state index is 0.135. The molecule has 46 heavy (non-hydrogen) atoms. The van der Waals surface area contributed by atoms with E-state index in [9.17, 15) is 9.59 Å². The fourth-order valence-corrected chi connectivity index (χ4v) is 6.79. The highest BCUT2D eigenvalue weighted by Gasteiger charge is 2.35. The molecule has 8 nitrogen and oxygen atoms in total. The zero-order chi connectivity index (χ0) is 33.9. The molecule has 1 aliphatic rings. The first-order valence-corrected chi connectivity index (χ1v) is 17.8. The first kappa shape index (κ1) is 37.6. The highest BCUT2D eigenvalue weighted by molar-refractivity contribution is 5.86. The molecule has 0 fully saturated rings. The van der Waals surface area contributed by atoms with Gasteiger partial charge in [0.25, 0.3) is 0 Å². The number of H-pyrrole nitrogens is 1. The molecule has 1 aliphatic heterocycles. The molecule has 0 saturated carbocycles. The van der Waals surface area contributed by atoms with E-state index in [0.717, 1.165) is 77.1 Å². The van der Waals surface area contributed by atoms with E-state index in [0.29, 0.717) is 5.75 Å². The van der Waals surface area contributed by atoms with Crippen LogP contribution in [-0.2, 0) is 22.4 Å². The molecule has 1 aromatic heterocycles. The number of aromatic amines is 1. The van der Waals surface area contributed by atoms with Crippen molar-refractivity contribution >= 4 is 11.9 Å². The zero-order valence-corrected chi connectivity index (χ0v) is 30.0. The van der Waals surface area contributed by atoms with Gasteiger partial charge in [-0.05, 0) is 87.8 Å². The van der Waals surface area contributed by atoms with Gasteiger partial charge in [-0.25, -0.2) is 9.78 Å². The Morgan fingerprint density at radius 1 is 1.00 bits per heavy atom. The number of fused-ring (bicyclic) bond motifs is 1. The maximum absolute atomic E-state index is 13.5. The van der Waals surface area contributed by atoms with Gasteiger partial charge in [0.1, 0.15) is 23.1 Å². The smallest absolute Gasteiger partial charge is 0.334 e. The van der Waals surface area contributed by atoms with Crippen LogP contribution in [0.1, 0.15) is 133 Å². The second kappa shape index (κ2) is 17.9. The number of nitrogens with zero attached hydrogens (tertiary/aromatic N) is 1. The molecular formula is C38H62N4O4. The first-order valence-electron chi connectivity index (χ1n) is 17.8. The van der Waals surface area contributed by atoms with Crippen molar-refractivity contribution in [1.82, 2.24) is 15.3 Å². The molecule has 3 rings (SSSR count). The summed E-state index contributed by atoms with van der Waals surface area (Å²) in [5.41, 5.74) is 10.0. The van der Waals surface area contributed by atoms with E-state index >= 15 is 0 Å². The van der Waals surface area contributed by atoms with Gasteiger partial charge in [-0.1, -0.05) is 72.6 Å². The molecule has 1 aromatic carbocycles. The van der Waals surface area contributed by atoms with Crippen LogP contribution in [0.5, 0.6) is 11.5 Å². The molecule has 0 aliphatic carbocycles. The van der Waals surface area contributed by atoms with E-state index in [1.54, 1.807) is 12.5 Å². The van der Waals surface area contributed by atoms with Crippen LogP contribution in [0.25, 0.3) is 0 Å². The molecule has 258 valence electrons. The predicted octanol–water partition coefficient (Wildman–Crippen LogP) is 7.84. The number of nitrogens with two attached hydrogens (primary N) is 1. The fourth-order valence-electron chi connectivity index (χ4n) is 6.79. The molecule has 0 spiro atoms. The Labute approximate surface area is 278 Å². The van der Waals surface area contributed by atoms with Gasteiger partial charge in [0.05, 0.1) is 6.33 Å². The summed E-state index contributed by atoms with van der Waals surface area (Å²) in [6.45, 7) is 18.0. The van der Waals surface area contributed by atoms with Gasteiger partial charge < -0.3 is 25.5 Å². The minimum Gasteiger partial charge on any atom is -0.487 e. The molecular weight excluding hydrogens is 576 g/mol. The number of carbonyl (C=O) groups excluding carboxylic acids is 2. The lowest BCUT2D eigenvalue weighted by Gasteiger charge is -2.38.